The lowest BCUT2D eigenvalue weighted by atomic mass is 10.2. The van der Waals surface area contributed by atoms with Gasteiger partial charge in [-0.2, -0.15) is 0 Å². The smallest absolute Gasteiger partial charge is 0.0923 e. The van der Waals surface area contributed by atoms with E-state index in [0.29, 0.717) is 13.0 Å². The van der Waals surface area contributed by atoms with Crippen LogP contribution >= 0.6 is 0 Å². The number of nitrogens with two attached hydrogens (primary N) is 1. The van der Waals surface area contributed by atoms with E-state index in [1.807, 2.05) is 37.3 Å². The number of pyridine rings is 1. The number of nitrogens with zero attached hydrogens (tertiary/aromatic N) is 2. The van der Waals surface area contributed by atoms with Crippen molar-refractivity contribution in [1.29, 1.82) is 5.41 Å². The van der Waals surface area contributed by atoms with Crippen LogP contribution in [0.1, 0.15) is 12.1 Å². The number of benzene rings is 1. The Morgan fingerprint density at radius 2 is 1.95 bits per heavy atom. The Balaban J connectivity index is 2.31. The molecule has 0 aliphatic heterocycles. The van der Waals surface area contributed by atoms with Gasteiger partial charge in [-0.1, -0.05) is 18.2 Å². The highest BCUT2D eigenvalue weighted by Gasteiger charge is 2.09. The Morgan fingerprint density at radius 3 is 2.58 bits per heavy atom. The lowest BCUT2D eigenvalue weighted by Crippen LogP contribution is -2.23. The number of rotatable bonds is 5. The monoisotopic (exact) mass is 254 g/mol. The second kappa shape index (κ2) is 6.00. The first-order valence-electron chi connectivity index (χ1n) is 6.25. The van der Waals surface area contributed by atoms with E-state index in [4.69, 9.17) is 11.1 Å². The highest BCUT2D eigenvalue weighted by atomic mass is 15.1. The van der Waals surface area contributed by atoms with Crippen molar-refractivity contribution < 1.29 is 0 Å². The van der Waals surface area contributed by atoms with E-state index >= 15 is 0 Å². The number of aromatic nitrogens is 1. The van der Waals surface area contributed by atoms with Gasteiger partial charge in [0.25, 0.3) is 0 Å². The molecule has 0 atom stereocenters. The highest BCUT2D eigenvalue weighted by molar-refractivity contribution is 5.78. The van der Waals surface area contributed by atoms with Crippen molar-refractivity contribution >= 4 is 17.2 Å². The van der Waals surface area contributed by atoms with Gasteiger partial charge >= 0.3 is 0 Å². The molecular weight excluding hydrogens is 236 g/mol. The van der Waals surface area contributed by atoms with Crippen LogP contribution in [0.4, 0.5) is 11.4 Å². The molecule has 0 aliphatic carbocycles. The molecule has 19 heavy (non-hydrogen) atoms. The quantitative estimate of drug-likeness (QED) is 0.637. The van der Waals surface area contributed by atoms with Crippen molar-refractivity contribution in [1.82, 2.24) is 4.98 Å². The predicted octanol–water partition coefficient (Wildman–Crippen LogP) is 2.85. The van der Waals surface area contributed by atoms with E-state index in [-0.39, 0.29) is 5.84 Å². The summed E-state index contributed by atoms with van der Waals surface area (Å²) in [6.07, 6.45) is 2.34. The van der Waals surface area contributed by atoms with Gasteiger partial charge in [0.05, 0.1) is 5.84 Å². The Kier molecular flexibility index (Phi) is 4.13. The zero-order chi connectivity index (χ0) is 13.7. The Labute approximate surface area is 113 Å². The summed E-state index contributed by atoms with van der Waals surface area (Å²) in [5, 5.41) is 7.39. The molecule has 4 nitrogen and oxygen atoms in total. The number of amidine groups is 1. The molecule has 0 amide bonds. The minimum Gasteiger partial charge on any atom is -0.388 e. The maximum atomic E-state index is 7.39. The van der Waals surface area contributed by atoms with Gasteiger partial charge in [-0.3, -0.25) is 10.4 Å². The SMILES string of the molecule is Cc1cc(N(CCC(=N)N)c2ccccc2)ccn1. The summed E-state index contributed by atoms with van der Waals surface area (Å²) >= 11 is 0. The Bertz CT molecular complexity index is 551. The number of para-hydroxylation sites is 1. The summed E-state index contributed by atoms with van der Waals surface area (Å²) < 4.78 is 0. The fourth-order valence-electron chi connectivity index (χ4n) is 1.95. The van der Waals surface area contributed by atoms with Crippen LogP contribution in [-0.2, 0) is 0 Å². The van der Waals surface area contributed by atoms with Crippen LogP contribution in [0.3, 0.4) is 0 Å². The van der Waals surface area contributed by atoms with E-state index in [1.54, 1.807) is 6.20 Å². The molecule has 1 aromatic carbocycles. The van der Waals surface area contributed by atoms with Crippen LogP contribution < -0.4 is 10.6 Å². The lowest BCUT2D eigenvalue weighted by Gasteiger charge is -2.25. The molecule has 0 spiro atoms. The van der Waals surface area contributed by atoms with Crippen LogP contribution in [0.2, 0.25) is 0 Å². The third kappa shape index (κ3) is 3.55. The molecule has 0 unspecified atom stereocenters. The molecule has 98 valence electrons. The van der Waals surface area contributed by atoms with Gasteiger partial charge in [0, 0.05) is 36.2 Å². The Hall–Kier alpha value is -2.36. The molecule has 0 saturated heterocycles. The first-order chi connectivity index (χ1) is 9.16. The molecule has 0 radical (unpaired) electrons. The summed E-state index contributed by atoms with van der Waals surface area (Å²) in [6.45, 7) is 2.65. The maximum absolute atomic E-state index is 7.39. The van der Waals surface area contributed by atoms with Crippen molar-refractivity contribution in [2.75, 3.05) is 11.4 Å². The van der Waals surface area contributed by atoms with Crippen LogP contribution in [0.25, 0.3) is 0 Å². The molecule has 4 heteroatoms. The molecule has 0 bridgehead atoms. The highest BCUT2D eigenvalue weighted by Crippen LogP contribution is 2.25. The van der Waals surface area contributed by atoms with Gasteiger partial charge in [-0.15, -0.1) is 0 Å². The number of nitrogens with one attached hydrogen (secondary N) is 1. The fourth-order valence-corrected chi connectivity index (χ4v) is 1.95. The normalized spacial score (nSPS) is 10.2. The largest absolute Gasteiger partial charge is 0.388 e. The van der Waals surface area contributed by atoms with Gasteiger partial charge in [0.1, 0.15) is 0 Å². The van der Waals surface area contributed by atoms with Gasteiger partial charge in [0.15, 0.2) is 0 Å². The van der Waals surface area contributed by atoms with E-state index in [2.05, 4.69) is 22.0 Å². The summed E-state index contributed by atoms with van der Waals surface area (Å²) in [4.78, 5) is 6.37. The molecule has 2 aromatic rings. The average molecular weight is 254 g/mol. The van der Waals surface area contributed by atoms with Crippen molar-refractivity contribution in [2.24, 2.45) is 5.73 Å². The van der Waals surface area contributed by atoms with E-state index in [9.17, 15) is 0 Å². The number of anilines is 2. The van der Waals surface area contributed by atoms with Crippen molar-refractivity contribution in [3.05, 3.63) is 54.4 Å². The number of aryl methyl sites for hydroxylation is 1. The summed E-state index contributed by atoms with van der Waals surface area (Å²) in [5.74, 6) is 0.201. The minimum absolute atomic E-state index is 0.201. The lowest BCUT2D eigenvalue weighted by molar-refractivity contribution is 0.949. The third-order valence-corrected chi connectivity index (χ3v) is 2.86. The van der Waals surface area contributed by atoms with Crippen molar-refractivity contribution in [3.8, 4) is 0 Å². The topological polar surface area (TPSA) is 66.0 Å². The number of hydrogen-bond acceptors (Lipinski definition) is 3. The van der Waals surface area contributed by atoms with Gasteiger partial charge in [0.2, 0.25) is 0 Å². The average Bonchev–Trinajstić information content (AvgIpc) is 2.40. The molecule has 0 aliphatic rings. The van der Waals surface area contributed by atoms with E-state index < -0.39 is 0 Å². The molecule has 1 aromatic heterocycles. The van der Waals surface area contributed by atoms with Crippen LogP contribution in [-0.4, -0.2) is 17.4 Å². The summed E-state index contributed by atoms with van der Waals surface area (Å²) in [6, 6.07) is 14.1. The molecule has 2 rings (SSSR count). The molecular formula is C15H18N4. The van der Waals surface area contributed by atoms with Crippen molar-refractivity contribution in [3.63, 3.8) is 0 Å². The first kappa shape index (κ1) is 13.1. The van der Waals surface area contributed by atoms with Crippen molar-refractivity contribution in [2.45, 2.75) is 13.3 Å². The van der Waals surface area contributed by atoms with Gasteiger partial charge in [-0.05, 0) is 31.2 Å². The van der Waals surface area contributed by atoms with Crippen LogP contribution in [0.15, 0.2) is 48.7 Å². The van der Waals surface area contributed by atoms with Gasteiger partial charge in [-0.25, -0.2) is 0 Å². The van der Waals surface area contributed by atoms with Gasteiger partial charge < -0.3 is 10.6 Å². The maximum Gasteiger partial charge on any atom is 0.0923 e. The zero-order valence-corrected chi connectivity index (χ0v) is 11.0. The third-order valence-electron chi connectivity index (χ3n) is 2.86. The van der Waals surface area contributed by atoms with E-state index in [1.165, 1.54) is 0 Å². The fraction of sp³-hybridized carbons (Fsp3) is 0.200. The molecule has 0 fully saturated rings. The van der Waals surface area contributed by atoms with Crippen LogP contribution in [0.5, 0.6) is 0 Å². The van der Waals surface area contributed by atoms with E-state index in [0.717, 1.165) is 17.1 Å². The zero-order valence-electron chi connectivity index (χ0n) is 11.0. The minimum atomic E-state index is 0.201. The summed E-state index contributed by atoms with van der Waals surface area (Å²) in [7, 11) is 0. The molecule has 3 N–H and O–H groups in total. The predicted molar refractivity (Wildman–Crippen MR) is 79.0 cm³/mol. The number of hydrogen-bond donors (Lipinski definition) is 2. The second-order valence-corrected chi connectivity index (χ2v) is 4.42. The molecule has 1 heterocycles. The Morgan fingerprint density at radius 1 is 1.21 bits per heavy atom. The standard InChI is InChI=1S/C15H18N4/c1-12-11-14(7-9-18-12)19(10-8-15(16)17)13-5-3-2-4-6-13/h2-7,9,11H,8,10H2,1H3,(H3,16,17). The summed E-state index contributed by atoms with van der Waals surface area (Å²) in [5.41, 5.74) is 8.61. The molecule has 0 saturated carbocycles. The second-order valence-electron chi connectivity index (χ2n) is 4.42. The first-order valence-corrected chi connectivity index (χ1v) is 6.25. The van der Waals surface area contributed by atoms with Crippen LogP contribution in [0, 0.1) is 12.3 Å².